The van der Waals surface area contributed by atoms with Crippen molar-refractivity contribution in [2.45, 2.75) is 18.9 Å². The first kappa shape index (κ1) is 12.1. The standard InChI is InChI=1S/C11H14ClN3O2/c12-7-5-9(11(16)17)10(14-6-7)15-3-1-8(13)2-4-15/h5-6,8H,1-4,13H2,(H,16,17). The molecule has 0 amide bonds. The number of nitrogens with zero attached hydrogens (tertiary/aromatic N) is 2. The number of carbonyl (C=O) groups is 1. The van der Waals surface area contributed by atoms with Crippen LogP contribution in [-0.4, -0.2) is 35.2 Å². The van der Waals surface area contributed by atoms with Gasteiger partial charge in [0.25, 0.3) is 0 Å². The third kappa shape index (κ3) is 2.68. The summed E-state index contributed by atoms with van der Waals surface area (Å²) in [6.45, 7) is 1.46. The van der Waals surface area contributed by atoms with Gasteiger partial charge >= 0.3 is 5.97 Å². The van der Waals surface area contributed by atoms with Crippen LogP contribution in [0.4, 0.5) is 5.82 Å². The molecule has 0 aromatic carbocycles. The monoisotopic (exact) mass is 255 g/mol. The van der Waals surface area contributed by atoms with Crippen LogP contribution in [0.15, 0.2) is 12.3 Å². The molecule has 0 atom stereocenters. The third-order valence-electron chi connectivity index (χ3n) is 2.90. The van der Waals surface area contributed by atoms with Gasteiger partial charge in [0.1, 0.15) is 11.4 Å². The molecule has 1 aromatic rings. The summed E-state index contributed by atoms with van der Waals surface area (Å²) < 4.78 is 0. The van der Waals surface area contributed by atoms with Crippen LogP contribution in [-0.2, 0) is 0 Å². The molecule has 0 unspecified atom stereocenters. The number of anilines is 1. The smallest absolute Gasteiger partial charge is 0.339 e. The topological polar surface area (TPSA) is 79.5 Å². The molecule has 1 aliphatic rings. The van der Waals surface area contributed by atoms with Crippen molar-refractivity contribution in [2.75, 3.05) is 18.0 Å². The Labute approximate surface area is 104 Å². The van der Waals surface area contributed by atoms with Gasteiger partial charge in [-0.2, -0.15) is 0 Å². The summed E-state index contributed by atoms with van der Waals surface area (Å²) in [7, 11) is 0. The largest absolute Gasteiger partial charge is 0.478 e. The van der Waals surface area contributed by atoms with E-state index in [2.05, 4.69) is 4.98 Å². The predicted octanol–water partition coefficient (Wildman–Crippen LogP) is 1.36. The minimum atomic E-state index is -1.01. The molecule has 92 valence electrons. The Bertz CT molecular complexity index is 431. The first-order valence-electron chi connectivity index (χ1n) is 5.47. The molecule has 3 N–H and O–H groups in total. The van der Waals surface area contributed by atoms with E-state index in [1.807, 2.05) is 4.90 Å². The lowest BCUT2D eigenvalue weighted by Crippen LogP contribution is -2.40. The van der Waals surface area contributed by atoms with E-state index in [1.54, 1.807) is 0 Å². The zero-order chi connectivity index (χ0) is 12.4. The summed E-state index contributed by atoms with van der Waals surface area (Å²) in [5.74, 6) is -0.529. The van der Waals surface area contributed by atoms with Crippen molar-refractivity contribution in [1.82, 2.24) is 4.98 Å². The van der Waals surface area contributed by atoms with Crippen LogP contribution >= 0.6 is 11.6 Å². The highest BCUT2D eigenvalue weighted by Gasteiger charge is 2.22. The number of hydrogen-bond acceptors (Lipinski definition) is 4. The van der Waals surface area contributed by atoms with E-state index in [9.17, 15) is 4.79 Å². The van der Waals surface area contributed by atoms with Gasteiger partial charge in [-0.15, -0.1) is 0 Å². The summed E-state index contributed by atoms with van der Waals surface area (Å²) in [5.41, 5.74) is 5.96. The van der Waals surface area contributed by atoms with Crippen LogP contribution in [0.3, 0.4) is 0 Å². The van der Waals surface area contributed by atoms with E-state index in [1.165, 1.54) is 12.3 Å². The minimum Gasteiger partial charge on any atom is -0.478 e. The fraction of sp³-hybridized carbons (Fsp3) is 0.455. The molecule has 0 spiro atoms. The fourth-order valence-corrected chi connectivity index (χ4v) is 2.11. The average molecular weight is 256 g/mol. The highest BCUT2D eigenvalue weighted by atomic mass is 35.5. The number of nitrogens with two attached hydrogens (primary N) is 1. The Kier molecular flexibility index (Phi) is 3.49. The number of rotatable bonds is 2. The molecule has 0 radical (unpaired) electrons. The second-order valence-electron chi connectivity index (χ2n) is 4.15. The quantitative estimate of drug-likeness (QED) is 0.834. The molecule has 2 heterocycles. The van der Waals surface area contributed by atoms with Crippen LogP contribution in [0, 0.1) is 0 Å². The lowest BCUT2D eigenvalue weighted by molar-refractivity contribution is 0.0697. The maximum atomic E-state index is 11.1. The van der Waals surface area contributed by atoms with Gasteiger partial charge in [0.15, 0.2) is 0 Å². The summed E-state index contributed by atoms with van der Waals surface area (Å²) in [4.78, 5) is 17.2. The Hall–Kier alpha value is -1.33. The molecular weight excluding hydrogens is 242 g/mol. The molecule has 1 aromatic heterocycles. The first-order chi connectivity index (χ1) is 8.08. The van der Waals surface area contributed by atoms with Gasteiger partial charge in [0.2, 0.25) is 0 Å². The van der Waals surface area contributed by atoms with Crippen LogP contribution in [0.2, 0.25) is 5.02 Å². The molecular formula is C11H14ClN3O2. The van der Waals surface area contributed by atoms with Gasteiger partial charge < -0.3 is 15.7 Å². The Morgan fingerprint density at radius 1 is 1.53 bits per heavy atom. The molecule has 1 aliphatic heterocycles. The SMILES string of the molecule is NC1CCN(c2ncc(Cl)cc2C(=O)O)CC1. The van der Waals surface area contributed by atoms with Crippen LogP contribution in [0.5, 0.6) is 0 Å². The van der Waals surface area contributed by atoms with E-state index >= 15 is 0 Å². The Morgan fingerprint density at radius 3 is 2.76 bits per heavy atom. The van der Waals surface area contributed by atoms with Gasteiger partial charge in [-0.3, -0.25) is 0 Å². The highest BCUT2D eigenvalue weighted by Crippen LogP contribution is 2.24. The number of pyridine rings is 1. The van der Waals surface area contributed by atoms with Gasteiger partial charge in [0, 0.05) is 25.3 Å². The third-order valence-corrected chi connectivity index (χ3v) is 3.11. The van der Waals surface area contributed by atoms with Gasteiger partial charge in [0.05, 0.1) is 5.02 Å². The van der Waals surface area contributed by atoms with Crippen LogP contribution < -0.4 is 10.6 Å². The number of aromatic nitrogens is 1. The zero-order valence-corrected chi connectivity index (χ0v) is 10.0. The summed E-state index contributed by atoms with van der Waals surface area (Å²) in [6.07, 6.45) is 3.17. The molecule has 2 rings (SSSR count). The zero-order valence-electron chi connectivity index (χ0n) is 9.27. The molecule has 1 saturated heterocycles. The maximum absolute atomic E-state index is 11.1. The van der Waals surface area contributed by atoms with E-state index < -0.39 is 5.97 Å². The molecule has 0 aliphatic carbocycles. The molecule has 0 saturated carbocycles. The summed E-state index contributed by atoms with van der Waals surface area (Å²) >= 11 is 5.76. The minimum absolute atomic E-state index is 0.146. The second kappa shape index (κ2) is 4.89. The van der Waals surface area contributed by atoms with Gasteiger partial charge in [-0.25, -0.2) is 9.78 Å². The average Bonchev–Trinajstić information content (AvgIpc) is 2.30. The highest BCUT2D eigenvalue weighted by molar-refractivity contribution is 6.30. The number of hydrogen-bond donors (Lipinski definition) is 2. The van der Waals surface area contributed by atoms with Crippen molar-refractivity contribution in [1.29, 1.82) is 0 Å². The number of aromatic carboxylic acids is 1. The van der Waals surface area contributed by atoms with Gasteiger partial charge in [-0.1, -0.05) is 11.6 Å². The van der Waals surface area contributed by atoms with Crippen molar-refractivity contribution in [2.24, 2.45) is 5.73 Å². The second-order valence-corrected chi connectivity index (χ2v) is 4.59. The van der Waals surface area contributed by atoms with Crippen molar-refractivity contribution < 1.29 is 9.90 Å². The van der Waals surface area contributed by atoms with Gasteiger partial charge in [-0.05, 0) is 18.9 Å². The normalized spacial score (nSPS) is 17.2. The molecule has 0 bridgehead atoms. The number of carboxylic acids is 1. The van der Waals surface area contributed by atoms with Crippen molar-refractivity contribution in [3.63, 3.8) is 0 Å². The Balaban J connectivity index is 2.28. The molecule has 6 heteroatoms. The van der Waals surface area contributed by atoms with E-state index in [4.69, 9.17) is 22.4 Å². The van der Waals surface area contributed by atoms with E-state index in [-0.39, 0.29) is 11.6 Å². The summed E-state index contributed by atoms with van der Waals surface area (Å²) in [6, 6.07) is 1.63. The Morgan fingerprint density at radius 2 is 2.18 bits per heavy atom. The number of carboxylic acid groups (broad SMARTS) is 1. The number of piperidine rings is 1. The summed E-state index contributed by atoms with van der Waals surface area (Å²) in [5, 5.41) is 9.46. The number of halogens is 1. The van der Waals surface area contributed by atoms with Crippen LogP contribution in [0.25, 0.3) is 0 Å². The predicted molar refractivity (Wildman–Crippen MR) is 65.6 cm³/mol. The molecule has 1 fully saturated rings. The lowest BCUT2D eigenvalue weighted by Gasteiger charge is -2.31. The van der Waals surface area contributed by atoms with Crippen molar-refractivity contribution >= 4 is 23.4 Å². The molecule has 5 nitrogen and oxygen atoms in total. The van der Waals surface area contributed by atoms with Crippen molar-refractivity contribution in [3.05, 3.63) is 22.8 Å². The maximum Gasteiger partial charge on any atom is 0.339 e. The first-order valence-corrected chi connectivity index (χ1v) is 5.85. The van der Waals surface area contributed by atoms with E-state index in [0.29, 0.717) is 10.8 Å². The van der Waals surface area contributed by atoms with E-state index in [0.717, 1.165) is 25.9 Å². The van der Waals surface area contributed by atoms with Crippen LogP contribution in [0.1, 0.15) is 23.2 Å². The van der Waals surface area contributed by atoms with Crippen molar-refractivity contribution in [3.8, 4) is 0 Å². The fourth-order valence-electron chi connectivity index (χ4n) is 1.95. The molecule has 17 heavy (non-hydrogen) atoms. The lowest BCUT2D eigenvalue weighted by atomic mass is 10.1.